The smallest absolute Gasteiger partial charge is 0.229 e. The molecule has 0 fully saturated rings. The Morgan fingerprint density at radius 2 is 1.68 bits per heavy atom. The van der Waals surface area contributed by atoms with E-state index in [-0.39, 0.29) is 6.04 Å². The largest absolute Gasteiger partial charge is 0.367 e. The third-order valence-corrected chi connectivity index (χ3v) is 3.48. The first-order chi connectivity index (χ1) is 10.6. The Labute approximate surface area is 134 Å². The molecular weight excluding hydrogens is 296 g/mol. The van der Waals surface area contributed by atoms with E-state index in [0.29, 0.717) is 11.0 Å². The highest BCUT2D eigenvalue weighted by molar-refractivity contribution is 6.33. The van der Waals surface area contributed by atoms with E-state index in [1.165, 1.54) is 0 Å². The highest BCUT2D eigenvalue weighted by atomic mass is 35.5. The molecule has 0 unspecified atom stereocenters. The highest BCUT2D eigenvalue weighted by Gasteiger charge is 2.09. The van der Waals surface area contributed by atoms with E-state index in [1.54, 1.807) is 0 Å². The molecule has 0 atom stereocenters. The van der Waals surface area contributed by atoms with Gasteiger partial charge >= 0.3 is 0 Å². The summed E-state index contributed by atoms with van der Waals surface area (Å²) in [6.07, 6.45) is 0. The van der Waals surface area contributed by atoms with E-state index in [2.05, 4.69) is 34.4 Å². The first-order valence-electron chi connectivity index (χ1n) is 7.18. The third kappa shape index (κ3) is 3.12. The lowest BCUT2D eigenvalue weighted by Crippen LogP contribution is -2.12. The van der Waals surface area contributed by atoms with Gasteiger partial charge in [-0.1, -0.05) is 35.9 Å². The summed E-state index contributed by atoms with van der Waals surface area (Å²) in [7, 11) is 0. The van der Waals surface area contributed by atoms with Crippen LogP contribution in [0.1, 0.15) is 13.8 Å². The number of rotatable bonds is 4. The quantitative estimate of drug-likeness (QED) is 0.723. The Morgan fingerprint density at radius 3 is 2.45 bits per heavy atom. The molecule has 0 saturated heterocycles. The zero-order valence-corrected chi connectivity index (χ0v) is 13.2. The van der Waals surface area contributed by atoms with Gasteiger partial charge in [0.2, 0.25) is 5.95 Å². The molecule has 0 saturated carbocycles. The van der Waals surface area contributed by atoms with Crippen molar-refractivity contribution in [2.75, 3.05) is 10.6 Å². The second-order valence-electron chi connectivity index (χ2n) is 5.32. The van der Waals surface area contributed by atoms with Gasteiger partial charge < -0.3 is 10.6 Å². The molecule has 1 aromatic heterocycles. The summed E-state index contributed by atoms with van der Waals surface area (Å²) >= 11 is 6.18. The number of fused-ring (bicyclic) bond motifs is 1. The fourth-order valence-electron chi connectivity index (χ4n) is 2.20. The molecule has 0 amide bonds. The van der Waals surface area contributed by atoms with E-state index in [1.807, 2.05) is 48.5 Å². The van der Waals surface area contributed by atoms with Gasteiger partial charge in [-0.3, -0.25) is 0 Å². The number of hydrogen-bond donors (Lipinski definition) is 2. The van der Waals surface area contributed by atoms with Crippen LogP contribution >= 0.6 is 11.6 Å². The van der Waals surface area contributed by atoms with Crippen LogP contribution in [-0.4, -0.2) is 16.0 Å². The Balaban J connectivity index is 2.05. The van der Waals surface area contributed by atoms with Gasteiger partial charge in [-0.25, -0.2) is 4.98 Å². The molecule has 0 radical (unpaired) electrons. The number of aromatic nitrogens is 2. The monoisotopic (exact) mass is 312 g/mol. The summed E-state index contributed by atoms with van der Waals surface area (Å²) in [5.41, 5.74) is 1.67. The molecule has 4 nitrogen and oxygen atoms in total. The summed E-state index contributed by atoms with van der Waals surface area (Å²) in [6, 6.07) is 15.8. The third-order valence-electron chi connectivity index (χ3n) is 3.15. The van der Waals surface area contributed by atoms with Gasteiger partial charge in [-0.05, 0) is 38.1 Å². The minimum Gasteiger partial charge on any atom is -0.367 e. The number of hydrogen-bond acceptors (Lipinski definition) is 4. The Hall–Kier alpha value is -2.33. The molecular formula is C17H17ClN4. The Kier molecular flexibility index (Phi) is 4.11. The first-order valence-corrected chi connectivity index (χ1v) is 7.56. The minimum absolute atomic E-state index is 0.284. The van der Waals surface area contributed by atoms with Crippen molar-refractivity contribution in [2.45, 2.75) is 19.9 Å². The van der Waals surface area contributed by atoms with Crippen molar-refractivity contribution in [3.8, 4) is 0 Å². The van der Waals surface area contributed by atoms with Gasteiger partial charge in [0.05, 0.1) is 16.2 Å². The summed E-state index contributed by atoms with van der Waals surface area (Å²) in [6.45, 7) is 4.16. The van der Waals surface area contributed by atoms with Crippen molar-refractivity contribution in [1.29, 1.82) is 0 Å². The van der Waals surface area contributed by atoms with Gasteiger partial charge in [0.15, 0.2) is 0 Å². The Morgan fingerprint density at radius 1 is 0.955 bits per heavy atom. The van der Waals surface area contributed by atoms with Crippen LogP contribution < -0.4 is 10.6 Å². The predicted octanol–water partition coefficient (Wildman–Crippen LogP) is 4.85. The summed E-state index contributed by atoms with van der Waals surface area (Å²) in [5, 5.41) is 8.19. The molecule has 5 heteroatoms. The molecule has 2 N–H and O–H groups in total. The van der Waals surface area contributed by atoms with Crippen LogP contribution in [0.15, 0.2) is 48.5 Å². The molecule has 1 heterocycles. The van der Waals surface area contributed by atoms with Gasteiger partial charge in [-0.15, -0.1) is 0 Å². The molecule has 3 rings (SSSR count). The number of nitrogens with zero attached hydrogens (tertiary/aromatic N) is 2. The van der Waals surface area contributed by atoms with Crippen LogP contribution in [0.4, 0.5) is 17.5 Å². The maximum absolute atomic E-state index is 6.18. The maximum atomic E-state index is 6.18. The molecule has 22 heavy (non-hydrogen) atoms. The lowest BCUT2D eigenvalue weighted by molar-refractivity contribution is 0.891. The van der Waals surface area contributed by atoms with Crippen LogP contribution in [-0.2, 0) is 0 Å². The normalized spacial score (nSPS) is 10.9. The van der Waals surface area contributed by atoms with Gasteiger partial charge in [0, 0.05) is 11.4 Å². The van der Waals surface area contributed by atoms with Crippen LogP contribution in [0.5, 0.6) is 0 Å². The molecule has 3 aromatic rings. The van der Waals surface area contributed by atoms with Crippen molar-refractivity contribution in [3.63, 3.8) is 0 Å². The van der Waals surface area contributed by atoms with Crippen molar-refractivity contribution >= 4 is 40.0 Å². The summed E-state index contributed by atoms with van der Waals surface area (Å²) in [4.78, 5) is 9.14. The molecule has 0 bridgehead atoms. The van der Waals surface area contributed by atoms with Crippen LogP contribution in [0, 0.1) is 0 Å². The molecule has 112 valence electrons. The first kappa shape index (κ1) is 14.6. The second-order valence-corrected chi connectivity index (χ2v) is 5.72. The number of nitrogens with one attached hydrogen (secondary N) is 2. The summed E-state index contributed by atoms with van der Waals surface area (Å²) < 4.78 is 0. The Bertz CT molecular complexity index is 802. The average molecular weight is 313 g/mol. The maximum Gasteiger partial charge on any atom is 0.229 e. The SMILES string of the molecule is CC(C)Nc1nc(Nc2ccccc2Cl)nc2ccccc12. The van der Waals surface area contributed by atoms with Crippen molar-refractivity contribution in [2.24, 2.45) is 0 Å². The van der Waals surface area contributed by atoms with Crippen molar-refractivity contribution < 1.29 is 0 Å². The van der Waals surface area contributed by atoms with E-state index < -0.39 is 0 Å². The van der Waals surface area contributed by atoms with E-state index in [9.17, 15) is 0 Å². The lowest BCUT2D eigenvalue weighted by atomic mass is 10.2. The van der Waals surface area contributed by atoms with Crippen LogP contribution in [0.25, 0.3) is 10.9 Å². The number of para-hydroxylation sites is 2. The average Bonchev–Trinajstić information content (AvgIpc) is 2.49. The zero-order valence-electron chi connectivity index (χ0n) is 12.5. The van der Waals surface area contributed by atoms with E-state index >= 15 is 0 Å². The number of anilines is 3. The second kappa shape index (κ2) is 6.20. The predicted molar refractivity (Wildman–Crippen MR) is 93.0 cm³/mol. The molecule has 0 aliphatic carbocycles. The summed E-state index contributed by atoms with van der Waals surface area (Å²) in [5.74, 6) is 1.34. The fraction of sp³-hybridized carbons (Fsp3) is 0.176. The van der Waals surface area contributed by atoms with Crippen molar-refractivity contribution in [3.05, 3.63) is 53.6 Å². The zero-order chi connectivity index (χ0) is 15.5. The number of benzene rings is 2. The molecule has 0 spiro atoms. The molecule has 2 aromatic carbocycles. The number of halogens is 1. The minimum atomic E-state index is 0.284. The van der Waals surface area contributed by atoms with E-state index in [4.69, 9.17) is 11.6 Å². The standard InChI is InChI=1S/C17H17ClN4/c1-11(2)19-16-12-7-3-5-9-14(12)20-17(22-16)21-15-10-6-4-8-13(15)18/h3-11H,1-2H3,(H2,19,20,21,22). The van der Waals surface area contributed by atoms with Crippen molar-refractivity contribution in [1.82, 2.24) is 9.97 Å². The van der Waals surface area contributed by atoms with Gasteiger partial charge in [0.25, 0.3) is 0 Å². The van der Waals surface area contributed by atoms with Gasteiger partial charge in [0.1, 0.15) is 5.82 Å². The fourth-order valence-corrected chi connectivity index (χ4v) is 2.38. The molecule has 0 aliphatic rings. The van der Waals surface area contributed by atoms with E-state index in [0.717, 1.165) is 22.4 Å². The van der Waals surface area contributed by atoms with Crippen LogP contribution in [0.2, 0.25) is 5.02 Å². The van der Waals surface area contributed by atoms with Crippen LogP contribution in [0.3, 0.4) is 0 Å². The topological polar surface area (TPSA) is 49.8 Å². The lowest BCUT2D eigenvalue weighted by Gasteiger charge is -2.14. The van der Waals surface area contributed by atoms with Gasteiger partial charge in [-0.2, -0.15) is 4.98 Å². The highest BCUT2D eigenvalue weighted by Crippen LogP contribution is 2.27. The molecule has 0 aliphatic heterocycles.